The van der Waals surface area contributed by atoms with E-state index in [9.17, 15) is 18.0 Å². The third kappa shape index (κ3) is 12.9. The van der Waals surface area contributed by atoms with Crippen molar-refractivity contribution in [2.45, 2.75) is 49.8 Å². The number of nitrogens with two attached hydrogens (primary N) is 1. The average Bonchev–Trinajstić information content (AvgIpc) is 3.53. The van der Waals surface area contributed by atoms with Gasteiger partial charge in [-0.25, -0.2) is 18.0 Å². The fourth-order valence-corrected chi connectivity index (χ4v) is 6.34. The number of nitrogen functional groups attached to an aromatic ring is 1. The van der Waals surface area contributed by atoms with Crippen LogP contribution in [-0.4, -0.2) is 109 Å². The zero-order valence-electron chi connectivity index (χ0n) is 26.8. The third-order valence-electron chi connectivity index (χ3n) is 6.99. The van der Waals surface area contributed by atoms with Crippen molar-refractivity contribution in [2.75, 3.05) is 72.2 Å². The number of alkyl carbamates (subject to hydrolysis) is 1. The smallest absolute Gasteiger partial charge is 0.407 e. The Labute approximate surface area is 271 Å². The number of ether oxygens (including phenoxy) is 6. The summed E-state index contributed by atoms with van der Waals surface area (Å²) in [4.78, 5) is 26.3. The van der Waals surface area contributed by atoms with Gasteiger partial charge in [0.1, 0.15) is 18.8 Å². The number of sulfonamides is 1. The highest BCUT2D eigenvalue weighted by molar-refractivity contribution is 7.89. The van der Waals surface area contributed by atoms with Crippen molar-refractivity contribution in [1.82, 2.24) is 9.62 Å². The summed E-state index contributed by atoms with van der Waals surface area (Å²) in [5, 5.41) is 2.85. The summed E-state index contributed by atoms with van der Waals surface area (Å²) in [5.41, 5.74) is 7.06. The first-order valence-electron chi connectivity index (χ1n) is 15.4. The number of methoxy groups -OCH3 is 1. The summed E-state index contributed by atoms with van der Waals surface area (Å²) in [7, 11) is -2.49. The van der Waals surface area contributed by atoms with Gasteiger partial charge >= 0.3 is 12.1 Å². The Morgan fingerprint density at radius 1 is 1.00 bits per heavy atom. The molecule has 1 saturated heterocycles. The molecule has 0 radical (unpaired) electrons. The predicted molar refractivity (Wildman–Crippen MR) is 171 cm³/mol. The maximum absolute atomic E-state index is 13.9. The number of rotatable bonds is 20. The van der Waals surface area contributed by atoms with E-state index >= 15 is 0 Å². The quantitative estimate of drug-likeness (QED) is 0.121. The first kappa shape index (κ1) is 37.2. The third-order valence-corrected chi connectivity index (χ3v) is 8.83. The van der Waals surface area contributed by atoms with Crippen LogP contribution in [0.5, 0.6) is 0 Å². The lowest BCUT2D eigenvalue weighted by Gasteiger charge is -2.33. The standard InChI is InChI=1S/C32H47N3O10S/c1-24(2)20-35(46(38,39)28-11-9-26(33)10-12-28)21-30(45-31(36)23-43-18-17-41-16-15-40-3)29(19-25-7-5-4-6-8-25)34-32(37)44-27-13-14-42-22-27/h4-12,24,27,29-30H,13-23,33H2,1-3H3,(H,34,37)/t27?,29-,30?/m0/s1. The van der Waals surface area contributed by atoms with Gasteiger partial charge in [0.2, 0.25) is 10.0 Å². The molecule has 3 atom stereocenters. The number of esters is 1. The molecule has 0 saturated carbocycles. The number of carbonyl (C=O) groups is 2. The fourth-order valence-electron chi connectivity index (χ4n) is 4.72. The first-order valence-corrected chi connectivity index (χ1v) is 16.8. The van der Waals surface area contributed by atoms with Crippen LogP contribution in [0.15, 0.2) is 59.5 Å². The molecule has 0 spiro atoms. The van der Waals surface area contributed by atoms with Crippen LogP contribution in [0, 0.1) is 5.92 Å². The molecule has 3 N–H and O–H groups in total. The van der Waals surface area contributed by atoms with Crippen molar-refractivity contribution in [3.8, 4) is 0 Å². The van der Waals surface area contributed by atoms with E-state index < -0.39 is 46.9 Å². The van der Waals surface area contributed by atoms with Gasteiger partial charge in [-0.15, -0.1) is 0 Å². The van der Waals surface area contributed by atoms with Gasteiger partial charge in [-0.2, -0.15) is 4.31 Å². The van der Waals surface area contributed by atoms with Crippen molar-refractivity contribution in [2.24, 2.45) is 5.92 Å². The summed E-state index contributed by atoms with van der Waals surface area (Å²) in [6.07, 6.45) is -1.48. The Bertz CT molecular complexity index is 1290. The molecule has 2 unspecified atom stereocenters. The average molecular weight is 666 g/mol. The molecular weight excluding hydrogens is 618 g/mol. The zero-order chi connectivity index (χ0) is 33.4. The molecule has 1 aliphatic heterocycles. The second-order valence-electron chi connectivity index (χ2n) is 11.3. The normalized spacial score (nSPS) is 16.3. The molecule has 0 aliphatic carbocycles. The van der Waals surface area contributed by atoms with E-state index in [2.05, 4.69) is 5.32 Å². The second kappa shape index (κ2) is 19.4. The number of benzene rings is 2. The number of hydrogen-bond donors (Lipinski definition) is 2. The van der Waals surface area contributed by atoms with Crippen LogP contribution in [0.2, 0.25) is 0 Å². The van der Waals surface area contributed by atoms with Gasteiger partial charge in [-0.3, -0.25) is 0 Å². The molecule has 256 valence electrons. The van der Waals surface area contributed by atoms with Crippen molar-refractivity contribution in [3.63, 3.8) is 0 Å². The number of amides is 1. The molecule has 2 aromatic carbocycles. The highest BCUT2D eigenvalue weighted by Crippen LogP contribution is 2.22. The summed E-state index contributed by atoms with van der Waals surface area (Å²) in [5.74, 6) is -0.803. The number of carbonyl (C=O) groups excluding carboxylic acids is 2. The second-order valence-corrected chi connectivity index (χ2v) is 13.2. The lowest BCUT2D eigenvalue weighted by atomic mass is 10.0. The highest BCUT2D eigenvalue weighted by Gasteiger charge is 2.35. The Kier molecular flexibility index (Phi) is 15.7. The molecule has 0 bridgehead atoms. The van der Waals surface area contributed by atoms with Crippen LogP contribution in [0.4, 0.5) is 10.5 Å². The van der Waals surface area contributed by atoms with Gasteiger partial charge in [-0.1, -0.05) is 44.2 Å². The van der Waals surface area contributed by atoms with E-state index in [4.69, 9.17) is 34.2 Å². The monoisotopic (exact) mass is 665 g/mol. The number of anilines is 1. The lowest BCUT2D eigenvalue weighted by molar-refractivity contribution is -0.157. The molecule has 3 rings (SSSR count). The van der Waals surface area contributed by atoms with Crippen LogP contribution in [0.25, 0.3) is 0 Å². The van der Waals surface area contributed by atoms with Gasteiger partial charge in [0.15, 0.2) is 0 Å². The predicted octanol–water partition coefficient (Wildman–Crippen LogP) is 2.63. The number of nitrogens with zero attached hydrogens (tertiary/aromatic N) is 1. The Balaban J connectivity index is 1.88. The van der Waals surface area contributed by atoms with E-state index in [1.165, 1.54) is 28.6 Å². The Morgan fingerprint density at radius 2 is 1.70 bits per heavy atom. The van der Waals surface area contributed by atoms with E-state index in [1.54, 1.807) is 7.11 Å². The van der Waals surface area contributed by atoms with E-state index in [-0.39, 0.29) is 50.1 Å². The van der Waals surface area contributed by atoms with Crippen LogP contribution in [0.1, 0.15) is 25.8 Å². The fraction of sp³-hybridized carbons (Fsp3) is 0.562. The van der Waals surface area contributed by atoms with Gasteiger partial charge in [-0.05, 0) is 42.2 Å². The Morgan fingerprint density at radius 3 is 2.35 bits per heavy atom. The molecule has 46 heavy (non-hydrogen) atoms. The van der Waals surface area contributed by atoms with Crippen LogP contribution < -0.4 is 11.1 Å². The van der Waals surface area contributed by atoms with E-state index in [1.807, 2.05) is 44.2 Å². The molecular formula is C32H47N3O10S. The molecule has 2 aromatic rings. The minimum Gasteiger partial charge on any atom is -0.457 e. The minimum absolute atomic E-state index is 0.0393. The Hall–Kier alpha value is -3.27. The molecule has 1 amide bonds. The van der Waals surface area contributed by atoms with Crippen LogP contribution in [0.3, 0.4) is 0 Å². The molecule has 0 aromatic heterocycles. The van der Waals surface area contributed by atoms with E-state index in [0.29, 0.717) is 31.9 Å². The summed E-state index contributed by atoms with van der Waals surface area (Å²) < 4.78 is 61.7. The van der Waals surface area contributed by atoms with Crippen LogP contribution in [-0.2, 0) is 49.7 Å². The highest BCUT2D eigenvalue weighted by atomic mass is 32.2. The van der Waals surface area contributed by atoms with Gasteiger partial charge in [0.25, 0.3) is 0 Å². The summed E-state index contributed by atoms with van der Waals surface area (Å²) in [6.45, 7) is 5.21. The number of nitrogens with one attached hydrogen (secondary N) is 1. The zero-order valence-corrected chi connectivity index (χ0v) is 27.6. The molecule has 1 heterocycles. The van der Waals surface area contributed by atoms with Crippen LogP contribution >= 0.6 is 0 Å². The van der Waals surface area contributed by atoms with Crippen molar-refractivity contribution < 1.29 is 46.4 Å². The van der Waals surface area contributed by atoms with E-state index in [0.717, 1.165) is 5.56 Å². The van der Waals surface area contributed by atoms with Gasteiger partial charge in [0.05, 0.1) is 57.1 Å². The first-order chi connectivity index (χ1) is 22.1. The summed E-state index contributed by atoms with van der Waals surface area (Å²) >= 11 is 0. The van der Waals surface area contributed by atoms with Crippen molar-refractivity contribution in [3.05, 3.63) is 60.2 Å². The number of hydrogen-bond acceptors (Lipinski definition) is 11. The van der Waals surface area contributed by atoms with Gasteiger partial charge < -0.3 is 39.5 Å². The molecule has 1 fully saturated rings. The summed E-state index contributed by atoms with van der Waals surface area (Å²) in [6, 6.07) is 14.3. The topological polar surface area (TPSA) is 165 Å². The molecule has 13 nitrogen and oxygen atoms in total. The molecule has 1 aliphatic rings. The van der Waals surface area contributed by atoms with Crippen molar-refractivity contribution >= 4 is 27.8 Å². The minimum atomic E-state index is -4.06. The molecule has 14 heteroatoms. The maximum Gasteiger partial charge on any atom is 0.407 e. The SMILES string of the molecule is COCCOCCOCC(=O)OC(CN(CC(C)C)S(=O)(=O)c1ccc(N)cc1)[C@H](Cc1ccccc1)NC(=O)OC1CCOC1. The maximum atomic E-state index is 13.9. The van der Waals surface area contributed by atoms with Gasteiger partial charge in [0, 0.05) is 25.8 Å². The van der Waals surface area contributed by atoms with Crippen molar-refractivity contribution in [1.29, 1.82) is 0 Å². The largest absolute Gasteiger partial charge is 0.457 e. The lowest BCUT2D eigenvalue weighted by Crippen LogP contribution is -2.53.